The van der Waals surface area contributed by atoms with Crippen molar-refractivity contribution in [1.82, 2.24) is 0 Å². The molecule has 0 aromatic heterocycles. The first kappa shape index (κ1) is 14.9. The average molecular weight is 286 g/mol. The Morgan fingerprint density at radius 2 is 1.57 bits per heavy atom. The molecule has 0 amide bonds. The van der Waals surface area contributed by atoms with Crippen molar-refractivity contribution in [3.05, 3.63) is 54.1 Å². The van der Waals surface area contributed by atoms with Crippen LogP contribution >= 0.6 is 0 Å². The SMILES string of the molecule is COc1ccc(C(=O)Oc2ccccc2OC(C)C)cc1. The van der Waals surface area contributed by atoms with Crippen molar-refractivity contribution in [2.75, 3.05) is 7.11 Å². The summed E-state index contributed by atoms with van der Waals surface area (Å²) in [4.78, 5) is 12.1. The van der Waals surface area contributed by atoms with E-state index in [1.807, 2.05) is 19.9 Å². The Morgan fingerprint density at radius 3 is 2.14 bits per heavy atom. The van der Waals surface area contributed by atoms with Crippen LogP contribution in [0.4, 0.5) is 0 Å². The van der Waals surface area contributed by atoms with Crippen molar-refractivity contribution in [1.29, 1.82) is 0 Å². The maximum Gasteiger partial charge on any atom is 0.343 e. The van der Waals surface area contributed by atoms with Crippen LogP contribution in [0.3, 0.4) is 0 Å². The molecule has 0 radical (unpaired) electrons. The molecule has 0 aliphatic heterocycles. The largest absolute Gasteiger partial charge is 0.497 e. The smallest absolute Gasteiger partial charge is 0.343 e. The second kappa shape index (κ2) is 6.79. The van der Waals surface area contributed by atoms with E-state index < -0.39 is 5.97 Å². The minimum absolute atomic E-state index is 0.00541. The lowest BCUT2D eigenvalue weighted by atomic mass is 10.2. The summed E-state index contributed by atoms with van der Waals surface area (Å²) in [5.41, 5.74) is 0.454. The van der Waals surface area contributed by atoms with Gasteiger partial charge in [0.25, 0.3) is 0 Å². The Balaban J connectivity index is 2.15. The van der Waals surface area contributed by atoms with Gasteiger partial charge in [-0.25, -0.2) is 4.79 Å². The monoisotopic (exact) mass is 286 g/mol. The van der Waals surface area contributed by atoms with Gasteiger partial charge in [-0.2, -0.15) is 0 Å². The van der Waals surface area contributed by atoms with E-state index in [9.17, 15) is 4.79 Å². The van der Waals surface area contributed by atoms with Gasteiger partial charge < -0.3 is 14.2 Å². The van der Waals surface area contributed by atoms with Gasteiger partial charge in [0.05, 0.1) is 18.8 Å². The fourth-order valence-electron chi connectivity index (χ4n) is 1.77. The third kappa shape index (κ3) is 3.99. The van der Waals surface area contributed by atoms with E-state index in [1.54, 1.807) is 49.6 Å². The van der Waals surface area contributed by atoms with E-state index in [-0.39, 0.29) is 6.10 Å². The number of carbonyl (C=O) groups is 1. The number of methoxy groups -OCH3 is 1. The fraction of sp³-hybridized carbons (Fsp3) is 0.235. The molecule has 110 valence electrons. The van der Waals surface area contributed by atoms with E-state index in [4.69, 9.17) is 14.2 Å². The number of carbonyl (C=O) groups excluding carboxylic acids is 1. The third-order valence-electron chi connectivity index (χ3n) is 2.74. The molecule has 0 atom stereocenters. The Bertz CT molecular complexity index is 602. The molecule has 0 unspecified atom stereocenters. The standard InChI is InChI=1S/C17H18O4/c1-12(2)20-15-6-4-5-7-16(15)21-17(18)13-8-10-14(19-3)11-9-13/h4-12H,1-3H3. The van der Waals surface area contributed by atoms with E-state index >= 15 is 0 Å². The summed E-state index contributed by atoms with van der Waals surface area (Å²) in [5, 5.41) is 0. The van der Waals surface area contributed by atoms with Crippen LogP contribution in [0, 0.1) is 0 Å². The van der Waals surface area contributed by atoms with Crippen molar-refractivity contribution >= 4 is 5.97 Å². The Hall–Kier alpha value is -2.49. The summed E-state index contributed by atoms with van der Waals surface area (Å²) in [6, 6.07) is 13.9. The summed E-state index contributed by atoms with van der Waals surface area (Å²) < 4.78 is 16.1. The Kier molecular flexibility index (Phi) is 4.82. The van der Waals surface area contributed by atoms with Crippen molar-refractivity contribution in [2.45, 2.75) is 20.0 Å². The number of hydrogen-bond acceptors (Lipinski definition) is 4. The number of para-hydroxylation sites is 2. The first-order valence-electron chi connectivity index (χ1n) is 6.72. The van der Waals surface area contributed by atoms with Crippen LogP contribution in [0.25, 0.3) is 0 Å². The highest BCUT2D eigenvalue weighted by Gasteiger charge is 2.13. The normalized spacial score (nSPS) is 10.3. The molecule has 0 fully saturated rings. The van der Waals surface area contributed by atoms with Crippen LogP contribution in [0.15, 0.2) is 48.5 Å². The Morgan fingerprint density at radius 1 is 0.952 bits per heavy atom. The number of rotatable bonds is 5. The zero-order valence-electron chi connectivity index (χ0n) is 12.3. The van der Waals surface area contributed by atoms with Crippen molar-refractivity contribution in [2.24, 2.45) is 0 Å². The first-order chi connectivity index (χ1) is 10.1. The molecular weight excluding hydrogens is 268 g/mol. The van der Waals surface area contributed by atoms with Gasteiger partial charge >= 0.3 is 5.97 Å². The highest BCUT2D eigenvalue weighted by atomic mass is 16.6. The van der Waals surface area contributed by atoms with E-state index in [0.29, 0.717) is 22.8 Å². The van der Waals surface area contributed by atoms with Crippen LogP contribution < -0.4 is 14.2 Å². The number of benzene rings is 2. The molecule has 0 N–H and O–H groups in total. The summed E-state index contributed by atoms with van der Waals surface area (Å²) in [6.45, 7) is 3.84. The molecular formula is C17H18O4. The molecule has 4 heteroatoms. The Labute approximate surface area is 124 Å². The van der Waals surface area contributed by atoms with Gasteiger partial charge in [-0.1, -0.05) is 12.1 Å². The number of esters is 1. The molecule has 21 heavy (non-hydrogen) atoms. The quantitative estimate of drug-likeness (QED) is 0.621. The van der Waals surface area contributed by atoms with E-state index in [2.05, 4.69) is 0 Å². The lowest BCUT2D eigenvalue weighted by Crippen LogP contribution is -2.11. The molecule has 0 saturated carbocycles. The van der Waals surface area contributed by atoms with Crippen LogP contribution in [0.2, 0.25) is 0 Å². The lowest BCUT2D eigenvalue weighted by molar-refractivity contribution is 0.0725. The second-order valence-electron chi connectivity index (χ2n) is 4.73. The molecule has 2 aromatic rings. The van der Waals surface area contributed by atoms with Crippen LogP contribution in [0.5, 0.6) is 17.2 Å². The predicted molar refractivity (Wildman–Crippen MR) is 80.2 cm³/mol. The second-order valence-corrected chi connectivity index (χ2v) is 4.73. The van der Waals surface area contributed by atoms with E-state index in [1.165, 1.54) is 0 Å². The molecule has 0 bridgehead atoms. The molecule has 0 saturated heterocycles. The summed E-state index contributed by atoms with van der Waals surface area (Å²) >= 11 is 0. The number of ether oxygens (including phenoxy) is 3. The molecule has 2 aromatic carbocycles. The molecule has 0 aliphatic rings. The van der Waals surface area contributed by atoms with Gasteiger partial charge in [0.1, 0.15) is 5.75 Å². The minimum Gasteiger partial charge on any atom is -0.497 e. The van der Waals surface area contributed by atoms with Gasteiger partial charge in [0.2, 0.25) is 0 Å². The van der Waals surface area contributed by atoms with Gasteiger partial charge in [-0.3, -0.25) is 0 Å². The minimum atomic E-state index is -0.433. The zero-order valence-corrected chi connectivity index (χ0v) is 12.3. The topological polar surface area (TPSA) is 44.8 Å². The first-order valence-corrected chi connectivity index (χ1v) is 6.72. The van der Waals surface area contributed by atoms with Gasteiger partial charge in [-0.15, -0.1) is 0 Å². The lowest BCUT2D eigenvalue weighted by Gasteiger charge is -2.13. The van der Waals surface area contributed by atoms with Crippen LogP contribution in [-0.2, 0) is 0 Å². The van der Waals surface area contributed by atoms with Gasteiger partial charge in [-0.05, 0) is 50.2 Å². The molecule has 4 nitrogen and oxygen atoms in total. The molecule has 0 heterocycles. The van der Waals surface area contributed by atoms with Crippen molar-refractivity contribution in [3.63, 3.8) is 0 Å². The molecule has 0 aliphatic carbocycles. The highest BCUT2D eigenvalue weighted by Crippen LogP contribution is 2.28. The van der Waals surface area contributed by atoms with Crippen LogP contribution in [0.1, 0.15) is 24.2 Å². The van der Waals surface area contributed by atoms with Gasteiger partial charge in [0.15, 0.2) is 11.5 Å². The van der Waals surface area contributed by atoms with Crippen molar-refractivity contribution in [3.8, 4) is 17.2 Å². The average Bonchev–Trinajstić information content (AvgIpc) is 2.49. The van der Waals surface area contributed by atoms with Crippen molar-refractivity contribution < 1.29 is 19.0 Å². The van der Waals surface area contributed by atoms with Crippen LogP contribution in [-0.4, -0.2) is 19.2 Å². The summed E-state index contributed by atoms with van der Waals surface area (Å²) in [6.07, 6.45) is 0.00541. The van der Waals surface area contributed by atoms with Gasteiger partial charge in [0, 0.05) is 0 Å². The molecule has 0 spiro atoms. The molecule has 2 rings (SSSR count). The predicted octanol–water partition coefficient (Wildman–Crippen LogP) is 3.70. The maximum atomic E-state index is 12.1. The maximum absolute atomic E-state index is 12.1. The van der Waals surface area contributed by atoms with E-state index in [0.717, 1.165) is 0 Å². The third-order valence-corrected chi connectivity index (χ3v) is 2.74. The summed E-state index contributed by atoms with van der Waals surface area (Å²) in [7, 11) is 1.58. The fourth-order valence-corrected chi connectivity index (χ4v) is 1.77. The zero-order chi connectivity index (χ0) is 15.2. The summed E-state index contributed by atoms with van der Waals surface area (Å²) in [5.74, 6) is 1.22. The number of hydrogen-bond donors (Lipinski definition) is 0. The highest BCUT2D eigenvalue weighted by molar-refractivity contribution is 5.91.